The van der Waals surface area contributed by atoms with Crippen LogP contribution < -0.4 is 10.5 Å². The van der Waals surface area contributed by atoms with Crippen LogP contribution in [0.3, 0.4) is 0 Å². The monoisotopic (exact) mass is 506 g/mol. The second kappa shape index (κ2) is 8.82. The third kappa shape index (κ3) is 4.77. The Labute approximate surface area is 198 Å². The van der Waals surface area contributed by atoms with Gasteiger partial charge in [-0.15, -0.1) is 0 Å². The van der Waals surface area contributed by atoms with E-state index < -0.39 is 49.7 Å². The van der Waals surface area contributed by atoms with Crippen molar-refractivity contribution in [1.82, 2.24) is 24.5 Å². The molecule has 13 heteroatoms. The molecule has 3 aromatic rings. The van der Waals surface area contributed by atoms with Gasteiger partial charge in [-0.3, -0.25) is 9.40 Å². The van der Waals surface area contributed by atoms with Crippen LogP contribution >= 0.6 is 0 Å². The number of nitrogen functional groups attached to an aromatic ring is 1. The Kier molecular flexibility index (Phi) is 6.15. The maximum absolute atomic E-state index is 15.7. The molecule has 1 aliphatic carbocycles. The standard InChI is InChI=1S/C22H21F3N6O3S/c1-22(2,32)18-11-17(14-9-10-27-21(26)28-14)31(29-18)16-8-4-7-15(19(16)25)30-35(33,34)20-12(23)5-3-6-13(20)24/h3-7,9-11,16,30,32H,8H2,1-2H3,(H2,26,27,28). The van der Waals surface area contributed by atoms with Crippen molar-refractivity contribution >= 4 is 16.0 Å². The summed E-state index contributed by atoms with van der Waals surface area (Å²) in [4.78, 5) is 6.73. The van der Waals surface area contributed by atoms with Gasteiger partial charge >= 0.3 is 0 Å². The Morgan fingerprint density at radius 1 is 1.20 bits per heavy atom. The number of benzene rings is 1. The first kappa shape index (κ1) is 24.4. The quantitative estimate of drug-likeness (QED) is 0.467. The van der Waals surface area contributed by atoms with Gasteiger partial charge in [0.25, 0.3) is 10.0 Å². The third-order valence-corrected chi connectivity index (χ3v) is 6.64. The molecule has 0 bridgehead atoms. The number of rotatable bonds is 6. The second-order valence-electron chi connectivity index (χ2n) is 8.29. The summed E-state index contributed by atoms with van der Waals surface area (Å²) in [6.07, 6.45) is 4.09. The molecular weight excluding hydrogens is 485 g/mol. The summed E-state index contributed by atoms with van der Waals surface area (Å²) in [6, 6.07) is 4.44. The van der Waals surface area contributed by atoms with Crippen molar-refractivity contribution in [2.24, 2.45) is 0 Å². The minimum Gasteiger partial charge on any atom is -0.384 e. The van der Waals surface area contributed by atoms with Gasteiger partial charge in [-0.05, 0) is 50.6 Å². The normalized spacial score (nSPS) is 16.6. The molecule has 0 spiro atoms. The van der Waals surface area contributed by atoms with Crippen LogP contribution in [0, 0.1) is 11.6 Å². The van der Waals surface area contributed by atoms with Gasteiger partial charge in [0.2, 0.25) is 5.95 Å². The molecule has 184 valence electrons. The van der Waals surface area contributed by atoms with Gasteiger partial charge in [0.05, 0.1) is 22.8 Å². The predicted molar refractivity (Wildman–Crippen MR) is 121 cm³/mol. The molecule has 2 aromatic heterocycles. The van der Waals surface area contributed by atoms with Crippen LogP contribution in [0.1, 0.15) is 32.0 Å². The van der Waals surface area contributed by atoms with E-state index in [9.17, 15) is 22.3 Å². The molecule has 0 fully saturated rings. The molecule has 0 aliphatic heterocycles. The Morgan fingerprint density at radius 2 is 1.89 bits per heavy atom. The molecule has 2 heterocycles. The van der Waals surface area contributed by atoms with Crippen LogP contribution in [-0.2, 0) is 15.6 Å². The van der Waals surface area contributed by atoms with E-state index >= 15 is 4.39 Å². The lowest BCUT2D eigenvalue weighted by atomic mass is 10.0. The molecule has 0 amide bonds. The third-order valence-electron chi connectivity index (χ3n) is 5.22. The molecule has 1 aromatic carbocycles. The van der Waals surface area contributed by atoms with Crippen molar-refractivity contribution in [3.05, 3.63) is 77.5 Å². The van der Waals surface area contributed by atoms with Crippen LogP contribution in [0.15, 0.2) is 65.1 Å². The minimum absolute atomic E-state index is 0.0417. The first-order valence-electron chi connectivity index (χ1n) is 10.3. The highest BCUT2D eigenvalue weighted by atomic mass is 32.2. The predicted octanol–water partition coefficient (Wildman–Crippen LogP) is 3.09. The van der Waals surface area contributed by atoms with E-state index in [-0.39, 0.29) is 23.8 Å². The molecule has 35 heavy (non-hydrogen) atoms. The van der Waals surface area contributed by atoms with Gasteiger partial charge in [0.1, 0.15) is 29.1 Å². The number of sulfonamides is 1. The van der Waals surface area contributed by atoms with Gasteiger partial charge in [0.15, 0.2) is 4.90 Å². The molecule has 0 radical (unpaired) electrons. The minimum atomic E-state index is -4.80. The smallest absolute Gasteiger partial charge is 0.267 e. The average molecular weight is 507 g/mol. The molecule has 4 N–H and O–H groups in total. The largest absolute Gasteiger partial charge is 0.384 e. The first-order chi connectivity index (χ1) is 16.4. The number of nitrogens with zero attached hydrogens (tertiary/aromatic N) is 4. The van der Waals surface area contributed by atoms with Crippen LogP contribution in [0.5, 0.6) is 0 Å². The summed E-state index contributed by atoms with van der Waals surface area (Å²) < 4.78 is 72.3. The number of aromatic nitrogens is 4. The number of allylic oxidation sites excluding steroid dienone is 3. The number of hydrogen-bond acceptors (Lipinski definition) is 7. The summed E-state index contributed by atoms with van der Waals surface area (Å²) in [7, 11) is -4.80. The SMILES string of the molecule is CC(C)(O)c1cc(-c2ccnc(N)n2)n(C2CC=CC(NS(=O)(=O)c3c(F)cccc3F)=C2F)n1. The number of nitrogens with one attached hydrogen (secondary N) is 1. The molecule has 0 saturated carbocycles. The molecule has 1 atom stereocenters. The molecular formula is C22H21F3N6O3S. The topological polar surface area (TPSA) is 136 Å². The fourth-order valence-electron chi connectivity index (χ4n) is 3.54. The lowest BCUT2D eigenvalue weighted by molar-refractivity contribution is 0.0727. The fraction of sp³-hybridized carbons (Fsp3) is 0.227. The van der Waals surface area contributed by atoms with E-state index in [1.807, 2.05) is 4.72 Å². The van der Waals surface area contributed by atoms with Crippen molar-refractivity contribution in [3.63, 3.8) is 0 Å². The maximum atomic E-state index is 15.7. The number of aliphatic hydroxyl groups is 1. The van der Waals surface area contributed by atoms with E-state index in [0.717, 1.165) is 24.3 Å². The van der Waals surface area contributed by atoms with E-state index in [1.54, 1.807) is 0 Å². The maximum Gasteiger partial charge on any atom is 0.267 e. The fourth-order valence-corrected chi connectivity index (χ4v) is 4.75. The summed E-state index contributed by atoms with van der Waals surface area (Å²) in [5.41, 5.74) is 4.55. The number of nitrogens with two attached hydrogens (primary N) is 1. The van der Waals surface area contributed by atoms with E-state index in [2.05, 4.69) is 15.1 Å². The van der Waals surface area contributed by atoms with Gasteiger partial charge in [0, 0.05) is 6.20 Å². The highest BCUT2D eigenvalue weighted by molar-refractivity contribution is 7.89. The first-order valence-corrected chi connectivity index (χ1v) is 11.8. The second-order valence-corrected chi connectivity index (χ2v) is 9.91. The van der Waals surface area contributed by atoms with Crippen LogP contribution in [0.2, 0.25) is 0 Å². The van der Waals surface area contributed by atoms with Crippen molar-refractivity contribution in [2.45, 2.75) is 36.8 Å². The zero-order chi connectivity index (χ0) is 25.5. The van der Waals surface area contributed by atoms with Crippen molar-refractivity contribution in [1.29, 1.82) is 0 Å². The Morgan fingerprint density at radius 3 is 2.51 bits per heavy atom. The molecule has 9 nitrogen and oxygen atoms in total. The Hall–Kier alpha value is -3.71. The van der Waals surface area contributed by atoms with Crippen LogP contribution in [0.25, 0.3) is 11.4 Å². The van der Waals surface area contributed by atoms with Crippen molar-refractivity contribution in [3.8, 4) is 11.4 Å². The number of halogens is 3. The summed E-state index contributed by atoms with van der Waals surface area (Å²) in [5, 5.41) is 14.8. The number of anilines is 1. The Balaban J connectivity index is 1.80. The molecule has 4 rings (SSSR count). The van der Waals surface area contributed by atoms with Gasteiger partial charge in [-0.25, -0.2) is 31.6 Å². The van der Waals surface area contributed by atoms with Crippen LogP contribution in [-0.4, -0.2) is 33.3 Å². The highest BCUT2D eigenvalue weighted by Gasteiger charge is 2.32. The van der Waals surface area contributed by atoms with E-state index in [4.69, 9.17) is 5.73 Å². The van der Waals surface area contributed by atoms with Crippen LogP contribution in [0.4, 0.5) is 19.1 Å². The number of hydrogen-bond donors (Lipinski definition) is 3. The van der Waals surface area contributed by atoms with Gasteiger partial charge < -0.3 is 10.8 Å². The summed E-state index contributed by atoms with van der Waals surface area (Å²) in [5.74, 6) is -3.64. The molecule has 1 aliphatic rings. The highest BCUT2D eigenvalue weighted by Crippen LogP contribution is 2.36. The van der Waals surface area contributed by atoms with Crippen molar-refractivity contribution in [2.75, 3.05) is 5.73 Å². The lowest BCUT2D eigenvalue weighted by Crippen LogP contribution is -2.28. The Bertz CT molecular complexity index is 1440. The average Bonchev–Trinajstić information content (AvgIpc) is 3.21. The van der Waals surface area contributed by atoms with E-state index in [1.165, 1.54) is 42.9 Å². The zero-order valence-corrected chi connectivity index (χ0v) is 19.4. The molecule has 0 saturated heterocycles. The summed E-state index contributed by atoms with van der Waals surface area (Å²) in [6.45, 7) is 2.99. The van der Waals surface area contributed by atoms with E-state index in [0.29, 0.717) is 5.69 Å². The molecule has 1 unspecified atom stereocenters. The lowest BCUT2D eigenvalue weighted by Gasteiger charge is -2.23. The van der Waals surface area contributed by atoms with Crippen molar-refractivity contribution < 1.29 is 26.7 Å². The summed E-state index contributed by atoms with van der Waals surface area (Å²) >= 11 is 0. The van der Waals surface area contributed by atoms with Gasteiger partial charge in [-0.1, -0.05) is 12.1 Å². The zero-order valence-electron chi connectivity index (χ0n) is 18.6. The van der Waals surface area contributed by atoms with Gasteiger partial charge in [-0.2, -0.15) is 5.10 Å².